The van der Waals surface area contributed by atoms with Crippen LogP contribution >= 0.6 is 22.7 Å². The first-order valence-corrected chi connectivity index (χ1v) is 8.01. The monoisotopic (exact) mass is 287 g/mol. The molecule has 0 unspecified atom stereocenters. The fraction of sp³-hybridized carbons (Fsp3) is 0.250. The summed E-state index contributed by atoms with van der Waals surface area (Å²) in [5.74, 6) is 0. The van der Waals surface area contributed by atoms with Crippen LogP contribution in [0.25, 0.3) is 22.4 Å². The van der Waals surface area contributed by atoms with E-state index in [2.05, 4.69) is 50.9 Å². The average molecular weight is 287 g/mol. The van der Waals surface area contributed by atoms with Crippen LogP contribution in [0.2, 0.25) is 0 Å². The number of H-pyrrole nitrogens is 1. The van der Waals surface area contributed by atoms with Crippen LogP contribution in [0.1, 0.15) is 19.5 Å². The van der Waals surface area contributed by atoms with Crippen molar-refractivity contribution < 1.29 is 0 Å². The van der Waals surface area contributed by atoms with Gasteiger partial charge in [-0.15, -0.1) is 22.7 Å². The first-order chi connectivity index (χ1) is 9.06. The summed E-state index contributed by atoms with van der Waals surface area (Å²) in [6.07, 6.45) is 2.05. The second kappa shape index (κ2) is 4.66. The fourth-order valence-corrected chi connectivity index (χ4v) is 4.46. The van der Waals surface area contributed by atoms with Gasteiger partial charge >= 0.3 is 0 Å². The van der Waals surface area contributed by atoms with Gasteiger partial charge in [-0.05, 0) is 51.5 Å². The maximum absolute atomic E-state index is 3.42. The molecule has 19 heavy (non-hydrogen) atoms. The molecule has 3 heteroatoms. The first-order valence-electron chi connectivity index (χ1n) is 6.38. The smallest absolute Gasteiger partial charge is 0.0545 e. The van der Waals surface area contributed by atoms with Crippen LogP contribution in [-0.4, -0.2) is 4.98 Å². The summed E-state index contributed by atoms with van der Waals surface area (Å²) < 4.78 is 0. The maximum atomic E-state index is 3.42. The molecule has 3 aromatic heterocycles. The Hall–Kier alpha value is -1.32. The Morgan fingerprint density at radius 3 is 1.89 bits per heavy atom. The highest BCUT2D eigenvalue weighted by Crippen LogP contribution is 2.39. The van der Waals surface area contributed by atoms with Crippen molar-refractivity contribution >= 4 is 22.7 Å². The number of aromatic nitrogens is 1. The van der Waals surface area contributed by atoms with E-state index in [0.717, 1.165) is 0 Å². The third kappa shape index (κ3) is 2.17. The van der Waals surface area contributed by atoms with Gasteiger partial charge in [0, 0.05) is 36.8 Å². The van der Waals surface area contributed by atoms with Crippen molar-refractivity contribution in [2.24, 2.45) is 0 Å². The Morgan fingerprint density at radius 1 is 0.789 bits per heavy atom. The number of nitrogens with one attached hydrogen (secondary N) is 1. The van der Waals surface area contributed by atoms with Crippen LogP contribution in [0, 0.1) is 27.7 Å². The van der Waals surface area contributed by atoms with Gasteiger partial charge in [0.2, 0.25) is 0 Å². The number of thiophene rings is 2. The van der Waals surface area contributed by atoms with E-state index in [0.29, 0.717) is 0 Å². The third-order valence-electron chi connectivity index (χ3n) is 3.39. The lowest BCUT2D eigenvalue weighted by Crippen LogP contribution is -1.82. The fourth-order valence-electron chi connectivity index (χ4n) is 2.59. The molecule has 0 aromatic carbocycles. The zero-order chi connectivity index (χ0) is 13.6. The van der Waals surface area contributed by atoms with Crippen molar-refractivity contribution in [1.29, 1.82) is 0 Å². The lowest BCUT2D eigenvalue weighted by Gasteiger charge is -2.03. The minimum atomic E-state index is 1.25. The molecule has 0 radical (unpaired) electrons. The minimum Gasteiger partial charge on any atom is -0.361 e. The predicted octanol–water partition coefficient (Wildman–Crippen LogP) is 5.71. The van der Waals surface area contributed by atoms with E-state index < -0.39 is 0 Å². The topological polar surface area (TPSA) is 15.8 Å². The van der Waals surface area contributed by atoms with Crippen LogP contribution in [0.4, 0.5) is 0 Å². The van der Waals surface area contributed by atoms with Crippen molar-refractivity contribution in [3.05, 3.63) is 43.9 Å². The first kappa shape index (κ1) is 12.7. The second-order valence-electron chi connectivity index (χ2n) is 4.92. The summed E-state index contributed by atoms with van der Waals surface area (Å²) in [5.41, 5.74) is 5.28. The van der Waals surface area contributed by atoms with Gasteiger partial charge in [-0.25, -0.2) is 0 Å². The molecule has 98 valence electrons. The number of rotatable bonds is 2. The van der Waals surface area contributed by atoms with E-state index in [9.17, 15) is 0 Å². The van der Waals surface area contributed by atoms with E-state index in [-0.39, 0.29) is 0 Å². The van der Waals surface area contributed by atoms with Crippen molar-refractivity contribution in [3.8, 4) is 22.4 Å². The zero-order valence-corrected chi connectivity index (χ0v) is 13.3. The molecule has 0 fully saturated rings. The molecule has 3 heterocycles. The number of aromatic amines is 1. The van der Waals surface area contributed by atoms with Gasteiger partial charge in [0.1, 0.15) is 0 Å². The Bertz CT molecular complexity index is 667. The Morgan fingerprint density at radius 2 is 1.37 bits per heavy atom. The van der Waals surface area contributed by atoms with Crippen molar-refractivity contribution in [2.75, 3.05) is 0 Å². The maximum Gasteiger partial charge on any atom is 0.0545 e. The van der Waals surface area contributed by atoms with Gasteiger partial charge in [-0.1, -0.05) is 0 Å². The van der Waals surface area contributed by atoms with Crippen LogP contribution in [0.5, 0.6) is 0 Å². The average Bonchev–Trinajstić information content (AvgIpc) is 2.98. The molecule has 0 saturated heterocycles. The number of aryl methyl sites for hydroxylation is 4. The Balaban J connectivity index is 2.18. The largest absolute Gasteiger partial charge is 0.361 e. The standard InChI is InChI=1S/C16H17NS2/c1-9-7-14(11(3)18-9)13-5-6-17-16(13)15-8-10(2)19-12(15)4/h5-8,17H,1-4H3. The lowest BCUT2D eigenvalue weighted by atomic mass is 10.0. The zero-order valence-electron chi connectivity index (χ0n) is 11.6. The SMILES string of the molecule is Cc1cc(-c2cc[nH]c2-c2cc(C)sc2C)c(C)s1. The summed E-state index contributed by atoms with van der Waals surface area (Å²) in [4.78, 5) is 8.93. The van der Waals surface area contributed by atoms with E-state index >= 15 is 0 Å². The van der Waals surface area contributed by atoms with Gasteiger partial charge in [-0.3, -0.25) is 0 Å². The summed E-state index contributed by atoms with van der Waals surface area (Å²) >= 11 is 3.73. The molecule has 0 saturated carbocycles. The second-order valence-corrected chi connectivity index (χ2v) is 7.84. The van der Waals surface area contributed by atoms with Gasteiger partial charge in [0.25, 0.3) is 0 Å². The minimum absolute atomic E-state index is 1.25. The molecular formula is C16H17NS2. The molecule has 0 spiro atoms. The summed E-state index contributed by atoms with van der Waals surface area (Å²) in [6.45, 7) is 8.75. The summed E-state index contributed by atoms with van der Waals surface area (Å²) in [7, 11) is 0. The molecule has 0 aliphatic rings. The van der Waals surface area contributed by atoms with E-state index in [1.165, 1.54) is 41.9 Å². The highest BCUT2D eigenvalue weighted by Gasteiger charge is 2.15. The normalized spacial score (nSPS) is 11.2. The van der Waals surface area contributed by atoms with Gasteiger partial charge in [0.05, 0.1) is 5.69 Å². The molecule has 3 rings (SSSR count). The Kier molecular flexibility index (Phi) is 3.11. The van der Waals surface area contributed by atoms with Crippen LogP contribution in [0.3, 0.4) is 0 Å². The highest BCUT2D eigenvalue weighted by atomic mass is 32.1. The van der Waals surface area contributed by atoms with Crippen LogP contribution < -0.4 is 0 Å². The molecule has 3 aromatic rings. The highest BCUT2D eigenvalue weighted by molar-refractivity contribution is 7.12. The lowest BCUT2D eigenvalue weighted by molar-refractivity contribution is 1.39. The van der Waals surface area contributed by atoms with Crippen molar-refractivity contribution in [2.45, 2.75) is 27.7 Å². The molecule has 0 aliphatic heterocycles. The quantitative estimate of drug-likeness (QED) is 0.621. The van der Waals surface area contributed by atoms with Gasteiger partial charge in [-0.2, -0.15) is 0 Å². The van der Waals surface area contributed by atoms with Gasteiger partial charge < -0.3 is 4.98 Å². The molecule has 0 bridgehead atoms. The van der Waals surface area contributed by atoms with Gasteiger partial charge in [0.15, 0.2) is 0 Å². The number of hydrogen-bond acceptors (Lipinski definition) is 2. The van der Waals surface area contributed by atoms with E-state index in [1.54, 1.807) is 0 Å². The summed E-state index contributed by atoms with van der Waals surface area (Å²) in [6, 6.07) is 6.77. The number of hydrogen-bond donors (Lipinski definition) is 1. The predicted molar refractivity (Wildman–Crippen MR) is 86.4 cm³/mol. The van der Waals surface area contributed by atoms with Crippen LogP contribution in [0.15, 0.2) is 24.4 Å². The van der Waals surface area contributed by atoms with Crippen molar-refractivity contribution in [3.63, 3.8) is 0 Å². The van der Waals surface area contributed by atoms with Crippen LogP contribution in [-0.2, 0) is 0 Å². The molecule has 0 aliphatic carbocycles. The molecular weight excluding hydrogens is 270 g/mol. The molecule has 0 amide bonds. The van der Waals surface area contributed by atoms with Crippen molar-refractivity contribution in [1.82, 2.24) is 4.98 Å². The molecule has 0 atom stereocenters. The Labute approximate surface area is 121 Å². The molecule has 1 nitrogen and oxygen atoms in total. The van der Waals surface area contributed by atoms with E-state index in [4.69, 9.17) is 0 Å². The third-order valence-corrected chi connectivity index (χ3v) is 5.32. The van der Waals surface area contributed by atoms with E-state index in [1.807, 2.05) is 28.9 Å². The molecule has 1 N–H and O–H groups in total. The summed E-state index contributed by atoms with van der Waals surface area (Å²) in [5, 5.41) is 0.